The number of aromatic nitrogens is 3. The van der Waals surface area contributed by atoms with Crippen LogP contribution < -0.4 is 10.9 Å². The van der Waals surface area contributed by atoms with Crippen LogP contribution in [-0.4, -0.2) is 26.5 Å². The van der Waals surface area contributed by atoms with Crippen molar-refractivity contribution in [3.8, 4) is 17.8 Å². The van der Waals surface area contributed by atoms with E-state index in [4.69, 9.17) is 0 Å². The van der Waals surface area contributed by atoms with Crippen molar-refractivity contribution in [1.82, 2.24) is 14.2 Å². The number of nitriles is 2. The second-order valence-corrected chi connectivity index (χ2v) is 7.78. The van der Waals surface area contributed by atoms with E-state index >= 15 is 0 Å². The molecular formula is C20H20N6OS. The SMILES string of the molecule is CCSc1nn2c(=O)c(C#N)c(NCC(C)C)c(C#N)c2n1-c1ccccc1. The van der Waals surface area contributed by atoms with Crippen molar-refractivity contribution in [3.63, 3.8) is 0 Å². The fraction of sp³-hybridized carbons (Fsp3) is 0.300. The predicted octanol–water partition coefficient (Wildman–Crippen LogP) is 3.41. The molecule has 0 aliphatic carbocycles. The van der Waals surface area contributed by atoms with Crippen LogP contribution in [0, 0.1) is 28.6 Å². The number of anilines is 1. The average molecular weight is 392 g/mol. The molecule has 3 rings (SSSR count). The molecule has 0 saturated heterocycles. The van der Waals surface area contributed by atoms with Gasteiger partial charge in [0, 0.05) is 12.2 Å². The number of hydrogen-bond acceptors (Lipinski definition) is 6. The molecule has 1 aromatic carbocycles. The van der Waals surface area contributed by atoms with Crippen LogP contribution in [0.15, 0.2) is 40.3 Å². The normalized spacial score (nSPS) is 10.8. The molecule has 7 nitrogen and oxygen atoms in total. The van der Waals surface area contributed by atoms with Crippen LogP contribution in [0.2, 0.25) is 0 Å². The van der Waals surface area contributed by atoms with Gasteiger partial charge in [-0.2, -0.15) is 15.0 Å². The molecule has 28 heavy (non-hydrogen) atoms. The maximum Gasteiger partial charge on any atom is 0.293 e. The van der Waals surface area contributed by atoms with Crippen molar-refractivity contribution < 1.29 is 0 Å². The molecule has 0 fully saturated rings. The standard InChI is InChI=1S/C20H20N6OS/c1-4-28-20-24-26-18(25(20)14-8-6-5-7-9-14)15(10-21)17(23-12-13(2)3)16(11-22)19(26)27/h5-9,13,23H,4,12H2,1-3H3. The molecule has 8 heteroatoms. The second kappa shape index (κ2) is 8.20. The van der Waals surface area contributed by atoms with E-state index < -0.39 is 5.56 Å². The van der Waals surface area contributed by atoms with Crippen molar-refractivity contribution >= 4 is 23.1 Å². The highest BCUT2D eigenvalue weighted by Crippen LogP contribution is 2.29. The fourth-order valence-electron chi connectivity index (χ4n) is 2.90. The molecule has 0 bridgehead atoms. The minimum Gasteiger partial charge on any atom is -0.382 e. The summed E-state index contributed by atoms with van der Waals surface area (Å²) in [6, 6.07) is 13.6. The first-order chi connectivity index (χ1) is 13.5. The van der Waals surface area contributed by atoms with E-state index in [1.54, 1.807) is 4.57 Å². The third-order valence-corrected chi connectivity index (χ3v) is 4.93. The summed E-state index contributed by atoms with van der Waals surface area (Å²) < 4.78 is 2.97. The summed E-state index contributed by atoms with van der Waals surface area (Å²) in [5.41, 5.74) is 1.03. The van der Waals surface area contributed by atoms with Crippen LogP contribution in [0.4, 0.5) is 5.69 Å². The molecule has 0 saturated carbocycles. The molecule has 3 aromatic rings. The lowest BCUT2D eigenvalue weighted by Crippen LogP contribution is -2.23. The van der Waals surface area contributed by atoms with Gasteiger partial charge in [0.05, 0.1) is 5.69 Å². The van der Waals surface area contributed by atoms with Gasteiger partial charge in [-0.05, 0) is 23.8 Å². The lowest BCUT2D eigenvalue weighted by atomic mass is 10.1. The van der Waals surface area contributed by atoms with Crippen molar-refractivity contribution in [2.75, 3.05) is 17.6 Å². The Bertz CT molecular complexity index is 1150. The van der Waals surface area contributed by atoms with Crippen LogP contribution in [0.5, 0.6) is 0 Å². The van der Waals surface area contributed by atoms with Gasteiger partial charge in [0.1, 0.15) is 23.3 Å². The number of pyridine rings is 1. The van der Waals surface area contributed by atoms with Crippen LogP contribution in [-0.2, 0) is 0 Å². The number of fused-ring (bicyclic) bond motifs is 1. The molecule has 0 spiro atoms. The Balaban J connectivity index is 2.45. The summed E-state index contributed by atoms with van der Waals surface area (Å²) in [4.78, 5) is 13.0. The van der Waals surface area contributed by atoms with E-state index in [9.17, 15) is 15.3 Å². The quantitative estimate of drug-likeness (QED) is 0.646. The van der Waals surface area contributed by atoms with Crippen molar-refractivity contribution in [2.45, 2.75) is 25.9 Å². The molecule has 0 aliphatic rings. The maximum atomic E-state index is 13.0. The second-order valence-electron chi connectivity index (χ2n) is 6.55. The van der Waals surface area contributed by atoms with Gasteiger partial charge in [-0.15, -0.1) is 5.10 Å². The third-order valence-electron chi connectivity index (χ3n) is 4.12. The van der Waals surface area contributed by atoms with Gasteiger partial charge in [0.25, 0.3) is 5.56 Å². The van der Waals surface area contributed by atoms with Gasteiger partial charge in [-0.25, -0.2) is 0 Å². The third kappa shape index (κ3) is 3.35. The van der Waals surface area contributed by atoms with Gasteiger partial charge in [0.2, 0.25) is 0 Å². The summed E-state index contributed by atoms with van der Waals surface area (Å²) in [6.45, 7) is 6.56. The monoisotopic (exact) mass is 392 g/mol. The van der Waals surface area contributed by atoms with E-state index in [0.29, 0.717) is 17.3 Å². The van der Waals surface area contributed by atoms with E-state index in [-0.39, 0.29) is 22.7 Å². The van der Waals surface area contributed by atoms with Crippen LogP contribution >= 0.6 is 11.8 Å². The van der Waals surface area contributed by atoms with Gasteiger partial charge in [-0.3, -0.25) is 9.36 Å². The minimum atomic E-state index is -0.532. The Morgan fingerprint density at radius 1 is 1.18 bits per heavy atom. The zero-order valence-corrected chi connectivity index (χ0v) is 16.7. The Labute approximate surface area is 167 Å². The zero-order chi connectivity index (χ0) is 20.3. The molecule has 0 unspecified atom stereocenters. The van der Waals surface area contributed by atoms with Crippen molar-refractivity contribution in [1.29, 1.82) is 10.5 Å². The van der Waals surface area contributed by atoms with E-state index in [1.807, 2.05) is 57.2 Å². The Kier molecular flexibility index (Phi) is 5.72. The summed E-state index contributed by atoms with van der Waals surface area (Å²) in [5, 5.41) is 27.7. The highest BCUT2D eigenvalue weighted by molar-refractivity contribution is 7.99. The molecule has 2 heterocycles. The highest BCUT2D eigenvalue weighted by atomic mass is 32.2. The Morgan fingerprint density at radius 2 is 1.86 bits per heavy atom. The van der Waals surface area contributed by atoms with Crippen molar-refractivity contribution in [2.24, 2.45) is 5.92 Å². The van der Waals surface area contributed by atoms with E-state index in [0.717, 1.165) is 11.4 Å². The van der Waals surface area contributed by atoms with Gasteiger partial charge in [-0.1, -0.05) is 50.7 Å². The largest absolute Gasteiger partial charge is 0.382 e. The van der Waals surface area contributed by atoms with Crippen LogP contribution in [0.3, 0.4) is 0 Å². The molecule has 0 aliphatic heterocycles. The number of nitrogens with one attached hydrogen (secondary N) is 1. The summed E-state index contributed by atoms with van der Waals surface area (Å²) in [7, 11) is 0. The first-order valence-corrected chi connectivity index (χ1v) is 9.96. The average Bonchev–Trinajstić information content (AvgIpc) is 3.06. The molecular weight excluding hydrogens is 372 g/mol. The number of para-hydroxylation sites is 1. The van der Waals surface area contributed by atoms with Gasteiger partial charge < -0.3 is 5.32 Å². The Hall–Kier alpha value is -3.23. The molecule has 0 radical (unpaired) electrons. The molecule has 1 N–H and O–H groups in total. The predicted molar refractivity (Wildman–Crippen MR) is 110 cm³/mol. The lowest BCUT2D eigenvalue weighted by Gasteiger charge is -2.14. The number of thioether (sulfide) groups is 1. The van der Waals surface area contributed by atoms with Crippen molar-refractivity contribution in [3.05, 3.63) is 51.8 Å². The molecule has 0 amide bonds. The van der Waals surface area contributed by atoms with Crippen LogP contribution in [0.1, 0.15) is 31.9 Å². The zero-order valence-electron chi connectivity index (χ0n) is 15.9. The van der Waals surface area contributed by atoms with E-state index in [1.165, 1.54) is 16.3 Å². The topological polar surface area (TPSA) is 98.9 Å². The van der Waals surface area contributed by atoms with Crippen LogP contribution in [0.25, 0.3) is 11.3 Å². The molecule has 0 atom stereocenters. The minimum absolute atomic E-state index is 0.0968. The number of nitrogens with zero attached hydrogens (tertiary/aromatic N) is 5. The number of benzene rings is 1. The lowest BCUT2D eigenvalue weighted by molar-refractivity contribution is 0.688. The summed E-state index contributed by atoms with van der Waals surface area (Å²) in [6.07, 6.45) is 0. The number of hydrogen-bond donors (Lipinski definition) is 1. The first-order valence-electron chi connectivity index (χ1n) is 8.97. The highest BCUT2D eigenvalue weighted by Gasteiger charge is 2.25. The molecule has 2 aromatic heterocycles. The molecule has 142 valence electrons. The fourth-order valence-corrected chi connectivity index (χ4v) is 3.62. The Morgan fingerprint density at radius 3 is 2.43 bits per heavy atom. The summed E-state index contributed by atoms with van der Waals surface area (Å²) in [5.74, 6) is 1.03. The smallest absolute Gasteiger partial charge is 0.293 e. The first kappa shape index (κ1) is 19.5. The van der Waals surface area contributed by atoms with E-state index in [2.05, 4.69) is 16.5 Å². The number of rotatable bonds is 6. The summed E-state index contributed by atoms with van der Waals surface area (Å²) >= 11 is 1.47. The van der Waals surface area contributed by atoms with Gasteiger partial charge >= 0.3 is 0 Å². The van der Waals surface area contributed by atoms with Gasteiger partial charge in [0.15, 0.2) is 10.8 Å². The maximum absolute atomic E-state index is 13.0.